The minimum Gasteiger partial charge on any atom is -0.489 e. The third-order valence-corrected chi connectivity index (χ3v) is 13.4. The van der Waals surface area contributed by atoms with Crippen LogP contribution in [0.5, 0.6) is 23.0 Å². The summed E-state index contributed by atoms with van der Waals surface area (Å²) in [5, 5.41) is 30.2. The Morgan fingerprint density at radius 3 is 0.778 bits per heavy atom. The van der Waals surface area contributed by atoms with Gasteiger partial charge in [-0.05, 0) is 212 Å². The largest absolute Gasteiger partial charge is 0.489 e. The van der Waals surface area contributed by atoms with Gasteiger partial charge in [-0.3, -0.25) is 0 Å². The number of rotatable bonds is 16. The molecule has 0 amide bonds. The van der Waals surface area contributed by atoms with Gasteiger partial charge in [0.25, 0.3) is 0 Å². The van der Waals surface area contributed by atoms with Crippen LogP contribution >= 0.6 is 127 Å². The van der Waals surface area contributed by atoms with E-state index in [9.17, 15) is 15.3 Å². The van der Waals surface area contributed by atoms with Crippen LogP contribution in [0.2, 0.25) is 0 Å². The maximum Gasteiger partial charge on any atom is 0.147 e. The van der Waals surface area contributed by atoms with Crippen molar-refractivity contribution < 1.29 is 34.3 Å². The van der Waals surface area contributed by atoms with Gasteiger partial charge in [-0.25, -0.2) is 0 Å². The Labute approximate surface area is 384 Å². The Hall–Kier alpha value is -0.200. The maximum absolute atomic E-state index is 10.9. The second-order valence-corrected chi connectivity index (χ2v) is 20.8. The fourth-order valence-electron chi connectivity index (χ4n) is 5.38. The van der Waals surface area contributed by atoms with E-state index in [1.165, 1.54) is 0 Å². The molecule has 54 heavy (non-hydrogen) atoms. The van der Waals surface area contributed by atoms with Crippen LogP contribution in [0.4, 0.5) is 0 Å². The molecule has 4 aromatic carbocycles. The lowest BCUT2D eigenvalue weighted by Crippen LogP contribution is -2.26. The van der Waals surface area contributed by atoms with Gasteiger partial charge in [-0.15, -0.1) is 0 Å². The van der Waals surface area contributed by atoms with E-state index < -0.39 is 29.1 Å². The van der Waals surface area contributed by atoms with Gasteiger partial charge in [-0.2, -0.15) is 0 Å². The highest BCUT2D eigenvalue weighted by molar-refractivity contribution is 9.12. The van der Waals surface area contributed by atoms with Gasteiger partial charge in [0, 0.05) is 10.8 Å². The molecule has 0 saturated heterocycles. The molecule has 7 nitrogen and oxygen atoms in total. The van der Waals surface area contributed by atoms with Gasteiger partial charge in [0.05, 0.1) is 48.0 Å². The molecule has 2 atom stereocenters. The fourth-order valence-corrected chi connectivity index (χ4v) is 11.0. The van der Waals surface area contributed by atoms with Gasteiger partial charge in [-0.1, -0.05) is 27.7 Å². The monoisotopic (exact) mass is 1250 g/mol. The van der Waals surface area contributed by atoms with Crippen molar-refractivity contribution >= 4 is 127 Å². The van der Waals surface area contributed by atoms with E-state index in [0.29, 0.717) is 23.0 Å². The molecule has 0 aliphatic heterocycles. The third kappa shape index (κ3) is 11.5. The molecule has 0 aromatic heterocycles. The normalized spacial score (nSPS) is 13.7. The van der Waals surface area contributed by atoms with Crippen molar-refractivity contribution in [3.63, 3.8) is 0 Å². The molecule has 4 aromatic rings. The molecule has 2 unspecified atom stereocenters. The highest BCUT2D eigenvalue weighted by Crippen LogP contribution is 2.46. The summed E-state index contributed by atoms with van der Waals surface area (Å²) in [7, 11) is 0. The standard InChI is InChI=1S/C39H40Br8O7/c1-19(48)15-51-34-26(40)7-21(8-27(34)41)38(3,4)23-11-30(44)36(31(45)12-23)53-17-25(50)18-54-37-32(46)13-24(14-33(37)47)39(5,6)22-9-28(42)35(29(43)10-22)52-16-20(2)49/h7-14,19-20,25,48-50H,15-18H2,1-6H3. The van der Waals surface area contributed by atoms with Crippen LogP contribution in [-0.2, 0) is 10.8 Å². The molecule has 0 saturated carbocycles. The summed E-state index contributed by atoms with van der Waals surface area (Å²) in [6.45, 7) is 12.2. The first-order valence-electron chi connectivity index (χ1n) is 16.7. The Morgan fingerprint density at radius 2 is 0.593 bits per heavy atom. The van der Waals surface area contributed by atoms with E-state index in [1.807, 2.05) is 48.5 Å². The zero-order valence-electron chi connectivity index (χ0n) is 30.2. The second kappa shape index (κ2) is 19.7. The summed E-state index contributed by atoms with van der Waals surface area (Å²) >= 11 is 29.2. The lowest BCUT2D eigenvalue weighted by atomic mass is 9.78. The fraction of sp³-hybridized carbons (Fsp3) is 0.385. The number of ether oxygens (including phenoxy) is 4. The lowest BCUT2D eigenvalue weighted by Gasteiger charge is -2.29. The lowest BCUT2D eigenvalue weighted by molar-refractivity contribution is 0.0615. The predicted octanol–water partition coefficient (Wildman–Crippen LogP) is 12.8. The molecule has 15 heteroatoms. The Bertz CT molecular complexity index is 1730. The van der Waals surface area contributed by atoms with E-state index in [0.717, 1.165) is 58.0 Å². The molecule has 3 N–H and O–H groups in total. The predicted molar refractivity (Wildman–Crippen MR) is 243 cm³/mol. The summed E-state index contributed by atoms with van der Waals surface area (Å²) in [5.41, 5.74) is 3.29. The molecule has 294 valence electrons. The van der Waals surface area contributed by atoms with Gasteiger partial charge >= 0.3 is 0 Å². The van der Waals surface area contributed by atoms with Crippen LogP contribution in [-0.4, -0.2) is 60.1 Å². The molecule has 0 fully saturated rings. The number of hydrogen-bond acceptors (Lipinski definition) is 7. The first kappa shape index (κ1) is 46.5. The Balaban J connectivity index is 1.43. The van der Waals surface area contributed by atoms with Crippen molar-refractivity contribution in [2.75, 3.05) is 26.4 Å². The van der Waals surface area contributed by atoms with E-state index in [2.05, 4.69) is 155 Å². The van der Waals surface area contributed by atoms with Crippen molar-refractivity contribution in [2.45, 2.75) is 70.7 Å². The van der Waals surface area contributed by atoms with E-state index in [1.54, 1.807) is 13.8 Å². The highest BCUT2D eigenvalue weighted by Gasteiger charge is 2.29. The molecule has 0 spiro atoms. The summed E-state index contributed by atoms with van der Waals surface area (Å²) in [6.07, 6.45) is -2.10. The number of aliphatic hydroxyl groups excluding tert-OH is 3. The number of hydrogen-bond donors (Lipinski definition) is 3. The van der Waals surface area contributed by atoms with Crippen LogP contribution in [0.25, 0.3) is 0 Å². The molecule has 0 aliphatic rings. The Kier molecular flexibility index (Phi) is 17.0. The van der Waals surface area contributed by atoms with Gasteiger partial charge in [0.2, 0.25) is 0 Å². The molecule has 0 aliphatic carbocycles. The van der Waals surface area contributed by atoms with Crippen LogP contribution in [0.1, 0.15) is 63.8 Å². The molecule has 0 radical (unpaired) electrons. The minimum atomic E-state index is -0.927. The highest BCUT2D eigenvalue weighted by atomic mass is 79.9. The van der Waals surface area contributed by atoms with Crippen molar-refractivity contribution in [3.05, 3.63) is 107 Å². The smallest absolute Gasteiger partial charge is 0.147 e. The Morgan fingerprint density at radius 1 is 0.407 bits per heavy atom. The van der Waals surface area contributed by atoms with Crippen molar-refractivity contribution in [2.24, 2.45) is 0 Å². The van der Waals surface area contributed by atoms with Crippen LogP contribution in [0, 0.1) is 0 Å². The maximum atomic E-state index is 10.9. The molecule has 0 heterocycles. The quantitative estimate of drug-likeness (QED) is 0.103. The molecule has 0 bridgehead atoms. The third-order valence-electron chi connectivity index (χ3n) is 8.66. The summed E-state index contributed by atoms with van der Waals surface area (Å²) in [4.78, 5) is 0. The zero-order chi connectivity index (χ0) is 40.3. The average Bonchev–Trinajstić information content (AvgIpc) is 3.06. The van der Waals surface area contributed by atoms with Gasteiger partial charge < -0.3 is 34.3 Å². The van der Waals surface area contributed by atoms with Crippen molar-refractivity contribution in [3.8, 4) is 23.0 Å². The van der Waals surface area contributed by atoms with E-state index in [-0.39, 0.29) is 26.4 Å². The zero-order valence-corrected chi connectivity index (χ0v) is 42.9. The number of halogens is 8. The van der Waals surface area contributed by atoms with Crippen LogP contribution < -0.4 is 18.9 Å². The summed E-state index contributed by atoms with van der Waals surface area (Å²) in [5.74, 6) is 2.39. The first-order chi connectivity index (χ1) is 25.1. The van der Waals surface area contributed by atoms with E-state index >= 15 is 0 Å². The van der Waals surface area contributed by atoms with Crippen molar-refractivity contribution in [1.82, 2.24) is 0 Å². The SMILES string of the molecule is CC(O)COc1c(Br)cc(C(C)(C)c2cc(Br)c(OCC(O)COc3c(Br)cc(C(C)(C)c4cc(Br)c(OCC(C)O)c(Br)c4)cc3Br)c(Br)c2)cc1Br. The van der Waals surface area contributed by atoms with Crippen LogP contribution in [0.3, 0.4) is 0 Å². The molecular formula is C39H40Br8O7. The topological polar surface area (TPSA) is 97.6 Å². The van der Waals surface area contributed by atoms with E-state index in [4.69, 9.17) is 18.9 Å². The van der Waals surface area contributed by atoms with Crippen LogP contribution in [0.15, 0.2) is 84.3 Å². The molecule has 4 rings (SSSR count). The molecular weight excluding hydrogens is 1220 g/mol. The number of aliphatic hydroxyl groups is 3. The average molecular weight is 1260 g/mol. The minimum absolute atomic E-state index is 0.00517. The van der Waals surface area contributed by atoms with Crippen molar-refractivity contribution in [1.29, 1.82) is 0 Å². The first-order valence-corrected chi connectivity index (χ1v) is 23.0. The van der Waals surface area contributed by atoms with Gasteiger partial charge in [0.15, 0.2) is 0 Å². The summed E-state index contributed by atoms with van der Waals surface area (Å²) in [6, 6.07) is 16.1. The second-order valence-electron chi connectivity index (χ2n) is 13.9. The number of benzene rings is 4. The van der Waals surface area contributed by atoms with Gasteiger partial charge in [0.1, 0.15) is 55.5 Å². The summed E-state index contributed by atoms with van der Waals surface area (Å²) < 4.78 is 29.8.